The number of carbonyl (C=O) groups excluding carboxylic acids is 1. The molecule has 0 saturated carbocycles. The van der Waals surface area contributed by atoms with E-state index in [0.717, 1.165) is 6.54 Å². The zero-order valence-electron chi connectivity index (χ0n) is 11.6. The average Bonchev–Trinajstić information content (AvgIpc) is 2.80. The molecule has 4 nitrogen and oxygen atoms in total. The maximum Gasteiger partial charge on any atom is 0.212 e. The second kappa shape index (κ2) is 6.92. The summed E-state index contributed by atoms with van der Waals surface area (Å²) in [6, 6.07) is 4.85. The second-order valence-electron chi connectivity index (χ2n) is 4.83. The summed E-state index contributed by atoms with van der Waals surface area (Å²) in [5.74, 6) is -0.142. The number of halogens is 3. The Hall–Kier alpha value is -0.880. The van der Waals surface area contributed by atoms with Crippen molar-refractivity contribution in [1.82, 2.24) is 14.7 Å². The van der Waals surface area contributed by atoms with Crippen molar-refractivity contribution in [3.8, 4) is 0 Å². The highest BCUT2D eigenvalue weighted by molar-refractivity contribution is 9.10. The van der Waals surface area contributed by atoms with Gasteiger partial charge in [0.15, 0.2) is 0 Å². The third kappa shape index (κ3) is 3.86. The summed E-state index contributed by atoms with van der Waals surface area (Å²) in [5, 5.41) is 5.02. The molecule has 0 aliphatic heterocycles. The molecule has 0 spiro atoms. The summed E-state index contributed by atoms with van der Waals surface area (Å²) in [4.78, 5) is 14.7. The van der Waals surface area contributed by atoms with Gasteiger partial charge in [-0.25, -0.2) is 0 Å². The molecule has 0 amide bonds. The first kappa shape index (κ1) is 16.5. The van der Waals surface area contributed by atoms with Gasteiger partial charge in [0.05, 0.1) is 27.3 Å². The second-order valence-corrected chi connectivity index (χ2v) is 6.49. The normalized spacial score (nSPS) is 11.1. The van der Waals surface area contributed by atoms with Crippen LogP contribution in [0.5, 0.6) is 0 Å². The molecule has 0 radical (unpaired) electrons. The van der Waals surface area contributed by atoms with Crippen molar-refractivity contribution in [2.45, 2.75) is 6.54 Å². The van der Waals surface area contributed by atoms with Gasteiger partial charge >= 0.3 is 0 Å². The molecule has 21 heavy (non-hydrogen) atoms. The van der Waals surface area contributed by atoms with Gasteiger partial charge in [-0.05, 0) is 48.2 Å². The molecule has 0 unspecified atom stereocenters. The predicted molar refractivity (Wildman–Crippen MR) is 88.4 cm³/mol. The van der Waals surface area contributed by atoms with E-state index in [1.807, 2.05) is 19.0 Å². The fourth-order valence-electron chi connectivity index (χ4n) is 1.83. The number of ketones is 1. The first-order valence-corrected chi connectivity index (χ1v) is 7.81. The maximum atomic E-state index is 12.7. The van der Waals surface area contributed by atoms with Crippen LogP contribution in [0.4, 0.5) is 0 Å². The highest BCUT2D eigenvalue weighted by atomic mass is 79.9. The van der Waals surface area contributed by atoms with Gasteiger partial charge in [-0.1, -0.05) is 23.2 Å². The van der Waals surface area contributed by atoms with Crippen LogP contribution in [0.3, 0.4) is 0 Å². The molecule has 7 heteroatoms. The van der Waals surface area contributed by atoms with Crippen LogP contribution in [-0.2, 0) is 6.54 Å². The van der Waals surface area contributed by atoms with E-state index in [4.69, 9.17) is 23.2 Å². The Morgan fingerprint density at radius 2 is 2.05 bits per heavy atom. The fourth-order valence-corrected chi connectivity index (χ4v) is 2.60. The largest absolute Gasteiger partial charge is 0.308 e. The Bertz CT molecular complexity index is 670. The molecule has 2 aromatic rings. The minimum atomic E-state index is -0.142. The smallest absolute Gasteiger partial charge is 0.212 e. The van der Waals surface area contributed by atoms with Crippen LogP contribution in [0.2, 0.25) is 10.0 Å². The van der Waals surface area contributed by atoms with Gasteiger partial charge in [-0.3, -0.25) is 9.48 Å². The molecule has 0 bridgehead atoms. The van der Waals surface area contributed by atoms with Crippen LogP contribution in [-0.4, -0.2) is 41.1 Å². The van der Waals surface area contributed by atoms with Crippen LogP contribution < -0.4 is 0 Å². The summed E-state index contributed by atoms with van der Waals surface area (Å²) in [7, 11) is 3.94. The van der Waals surface area contributed by atoms with Crippen LogP contribution in [0.1, 0.15) is 16.1 Å². The van der Waals surface area contributed by atoms with Gasteiger partial charge in [0.25, 0.3) is 0 Å². The standard InChI is InChI=1S/C14H14BrCl2N3O/c1-19(2)5-6-20-13(10(15)8-18-20)14(21)9-3-4-11(16)12(17)7-9/h3-4,7-8H,5-6H2,1-2H3. The molecule has 2 rings (SSSR count). The van der Waals surface area contributed by atoms with Gasteiger partial charge < -0.3 is 4.90 Å². The fraction of sp³-hybridized carbons (Fsp3) is 0.286. The molecule has 0 saturated heterocycles. The van der Waals surface area contributed by atoms with E-state index < -0.39 is 0 Å². The van der Waals surface area contributed by atoms with E-state index >= 15 is 0 Å². The Kier molecular flexibility index (Phi) is 5.43. The summed E-state index contributed by atoms with van der Waals surface area (Å²) < 4.78 is 2.35. The lowest BCUT2D eigenvalue weighted by molar-refractivity contribution is 0.102. The number of aromatic nitrogens is 2. The van der Waals surface area contributed by atoms with Gasteiger partial charge in [0.2, 0.25) is 5.78 Å². The summed E-state index contributed by atoms with van der Waals surface area (Å²) in [6.07, 6.45) is 1.63. The minimum absolute atomic E-state index is 0.142. The van der Waals surface area contributed by atoms with Crippen LogP contribution in [0, 0.1) is 0 Å². The number of carbonyl (C=O) groups is 1. The van der Waals surface area contributed by atoms with Crippen molar-refractivity contribution in [2.24, 2.45) is 0 Å². The van der Waals surface area contributed by atoms with Crippen molar-refractivity contribution in [3.63, 3.8) is 0 Å². The Morgan fingerprint density at radius 1 is 1.33 bits per heavy atom. The van der Waals surface area contributed by atoms with Crippen molar-refractivity contribution in [1.29, 1.82) is 0 Å². The highest BCUT2D eigenvalue weighted by Gasteiger charge is 2.19. The van der Waals surface area contributed by atoms with Gasteiger partial charge in [-0.2, -0.15) is 5.10 Å². The number of hydrogen-bond donors (Lipinski definition) is 0. The van der Waals surface area contributed by atoms with Crippen molar-refractivity contribution in [2.75, 3.05) is 20.6 Å². The molecular weight excluding hydrogens is 377 g/mol. The zero-order valence-corrected chi connectivity index (χ0v) is 14.7. The first-order valence-electron chi connectivity index (χ1n) is 6.26. The van der Waals surface area contributed by atoms with Gasteiger partial charge in [0, 0.05) is 12.1 Å². The highest BCUT2D eigenvalue weighted by Crippen LogP contribution is 2.26. The van der Waals surface area contributed by atoms with E-state index in [0.29, 0.717) is 32.3 Å². The summed E-state index contributed by atoms with van der Waals surface area (Å²) in [5.41, 5.74) is 0.993. The molecule has 0 atom stereocenters. The zero-order chi connectivity index (χ0) is 15.6. The van der Waals surface area contributed by atoms with E-state index in [2.05, 4.69) is 21.0 Å². The van der Waals surface area contributed by atoms with Crippen molar-refractivity contribution in [3.05, 3.63) is 50.2 Å². The molecule has 0 N–H and O–H groups in total. The molecule has 0 fully saturated rings. The van der Waals surface area contributed by atoms with E-state index in [1.165, 1.54) is 0 Å². The number of rotatable bonds is 5. The lowest BCUT2D eigenvalue weighted by atomic mass is 10.1. The Labute approximate surface area is 141 Å². The SMILES string of the molecule is CN(C)CCn1ncc(Br)c1C(=O)c1ccc(Cl)c(Cl)c1. The van der Waals surface area contributed by atoms with Crippen LogP contribution >= 0.6 is 39.1 Å². The third-order valence-electron chi connectivity index (χ3n) is 2.95. The monoisotopic (exact) mass is 389 g/mol. The Morgan fingerprint density at radius 3 is 2.67 bits per heavy atom. The number of benzene rings is 1. The van der Waals surface area contributed by atoms with Gasteiger partial charge in [-0.15, -0.1) is 0 Å². The van der Waals surface area contributed by atoms with E-state index in [-0.39, 0.29) is 5.78 Å². The molecule has 1 aromatic heterocycles. The number of nitrogens with zero attached hydrogens (tertiary/aromatic N) is 3. The lowest BCUT2D eigenvalue weighted by Crippen LogP contribution is -2.21. The quantitative estimate of drug-likeness (QED) is 0.729. The van der Waals surface area contributed by atoms with Crippen LogP contribution in [0.25, 0.3) is 0 Å². The summed E-state index contributed by atoms with van der Waals surface area (Å²) >= 11 is 15.2. The minimum Gasteiger partial charge on any atom is -0.308 e. The number of likely N-dealkylation sites (N-methyl/N-ethyl adjacent to an activating group) is 1. The molecule has 0 aliphatic rings. The average molecular weight is 391 g/mol. The molecule has 1 aromatic carbocycles. The van der Waals surface area contributed by atoms with Gasteiger partial charge in [0.1, 0.15) is 5.69 Å². The van der Waals surface area contributed by atoms with Crippen molar-refractivity contribution >= 4 is 44.9 Å². The molecular formula is C14H14BrCl2N3O. The molecule has 1 heterocycles. The number of hydrogen-bond acceptors (Lipinski definition) is 3. The topological polar surface area (TPSA) is 38.1 Å². The molecule has 112 valence electrons. The van der Waals surface area contributed by atoms with Crippen molar-refractivity contribution < 1.29 is 4.79 Å². The van der Waals surface area contributed by atoms with Crippen LogP contribution in [0.15, 0.2) is 28.9 Å². The molecule has 0 aliphatic carbocycles. The summed E-state index contributed by atoms with van der Waals surface area (Å²) in [6.45, 7) is 1.41. The van der Waals surface area contributed by atoms with E-state index in [9.17, 15) is 4.79 Å². The van der Waals surface area contributed by atoms with E-state index in [1.54, 1.807) is 29.1 Å². The Balaban J connectivity index is 2.34. The third-order valence-corrected chi connectivity index (χ3v) is 4.27. The first-order chi connectivity index (χ1) is 9.90. The maximum absolute atomic E-state index is 12.7. The predicted octanol–water partition coefficient (Wildman–Crippen LogP) is 3.75. The lowest BCUT2D eigenvalue weighted by Gasteiger charge is -2.12.